The number of para-hydroxylation sites is 1. The summed E-state index contributed by atoms with van der Waals surface area (Å²) in [5.74, 6) is 0.195. The van der Waals surface area contributed by atoms with Crippen LogP contribution in [0, 0.1) is 0 Å². The van der Waals surface area contributed by atoms with Gasteiger partial charge in [0.05, 0.1) is 10.6 Å². The van der Waals surface area contributed by atoms with Crippen LogP contribution in [0.25, 0.3) is 5.69 Å². The molecule has 0 bridgehead atoms. The average molecular weight is 484 g/mol. The number of thioether (sulfide) groups is 1. The Kier molecular flexibility index (Phi) is 6.22. The van der Waals surface area contributed by atoms with Crippen molar-refractivity contribution >= 4 is 27.7 Å². The lowest BCUT2D eigenvalue weighted by molar-refractivity contribution is -0.129. The number of aryl methyl sites for hydroxylation is 2. The molecular weight excluding hydrogens is 458 g/mol. The molecule has 8 nitrogen and oxygen atoms in total. The van der Waals surface area contributed by atoms with Crippen LogP contribution in [0.3, 0.4) is 0 Å². The molecule has 3 aromatic rings. The third-order valence-electron chi connectivity index (χ3n) is 6.17. The molecule has 1 fully saturated rings. The molecule has 0 atom stereocenters. The van der Waals surface area contributed by atoms with Crippen LogP contribution in [0.1, 0.15) is 17.5 Å². The second-order valence-electron chi connectivity index (χ2n) is 8.18. The molecule has 1 amide bonds. The number of fused-ring (bicyclic) bond motifs is 1. The van der Waals surface area contributed by atoms with Crippen LogP contribution in [0.4, 0.5) is 0 Å². The number of carbonyl (C=O) groups is 1. The van der Waals surface area contributed by atoms with Crippen LogP contribution in [0.15, 0.2) is 64.9 Å². The first kappa shape index (κ1) is 22.1. The molecular formula is C23H25N5O3S2. The quantitative estimate of drug-likeness (QED) is 0.500. The minimum absolute atomic E-state index is 0.0304. The molecule has 10 heteroatoms. The molecule has 5 rings (SSSR count). The molecule has 2 aliphatic rings. The number of sulfonamides is 1. The minimum atomic E-state index is -3.55. The Balaban J connectivity index is 1.18. The number of hydrogen-bond donors (Lipinski definition) is 0. The van der Waals surface area contributed by atoms with Crippen molar-refractivity contribution in [2.75, 3.05) is 31.9 Å². The van der Waals surface area contributed by atoms with Gasteiger partial charge in [0.2, 0.25) is 15.9 Å². The number of rotatable bonds is 6. The molecule has 33 heavy (non-hydrogen) atoms. The van der Waals surface area contributed by atoms with Gasteiger partial charge in [0.15, 0.2) is 5.16 Å². The summed E-state index contributed by atoms with van der Waals surface area (Å²) >= 11 is 1.33. The molecule has 0 unspecified atom stereocenters. The molecule has 0 saturated carbocycles. The van der Waals surface area contributed by atoms with E-state index >= 15 is 0 Å². The maximum atomic E-state index is 13.1. The highest BCUT2D eigenvalue weighted by Gasteiger charge is 2.31. The summed E-state index contributed by atoms with van der Waals surface area (Å²) in [7, 11) is -3.55. The SMILES string of the molecule is O=C(CSc1nncn1-c1ccccc1)N1CCN(S(=O)(=O)c2ccc3c(c2)CCC3)CC1. The highest BCUT2D eigenvalue weighted by Crippen LogP contribution is 2.27. The maximum Gasteiger partial charge on any atom is 0.243 e. The third-order valence-corrected chi connectivity index (χ3v) is 9.00. The first-order valence-electron chi connectivity index (χ1n) is 11.0. The van der Waals surface area contributed by atoms with Crippen molar-refractivity contribution in [1.29, 1.82) is 0 Å². The van der Waals surface area contributed by atoms with Gasteiger partial charge in [-0.05, 0) is 54.7 Å². The van der Waals surface area contributed by atoms with E-state index in [9.17, 15) is 13.2 Å². The van der Waals surface area contributed by atoms with Crippen molar-refractivity contribution in [1.82, 2.24) is 24.0 Å². The topological polar surface area (TPSA) is 88.4 Å². The van der Waals surface area contributed by atoms with E-state index in [0.717, 1.165) is 30.5 Å². The van der Waals surface area contributed by atoms with E-state index in [4.69, 9.17) is 0 Å². The summed E-state index contributed by atoms with van der Waals surface area (Å²) in [6.45, 7) is 1.37. The lowest BCUT2D eigenvalue weighted by Crippen LogP contribution is -2.51. The van der Waals surface area contributed by atoms with E-state index < -0.39 is 10.0 Å². The van der Waals surface area contributed by atoms with Crippen LogP contribution in [0.5, 0.6) is 0 Å². The third kappa shape index (κ3) is 4.55. The number of hydrogen-bond acceptors (Lipinski definition) is 6. The second kappa shape index (κ2) is 9.28. The standard InChI is InChI=1S/C23H25N5O3S2/c29-22(16-32-23-25-24-17-28(23)20-7-2-1-3-8-20)26-11-13-27(14-12-26)33(30,31)21-10-9-18-5-4-6-19(18)15-21/h1-3,7-10,15,17H,4-6,11-14,16H2. The number of piperazine rings is 1. The monoisotopic (exact) mass is 483 g/mol. The first-order chi connectivity index (χ1) is 16.0. The summed E-state index contributed by atoms with van der Waals surface area (Å²) in [6.07, 6.45) is 4.68. The van der Waals surface area contributed by atoms with Crippen LogP contribution < -0.4 is 0 Å². The Morgan fingerprint density at radius 3 is 2.52 bits per heavy atom. The van der Waals surface area contributed by atoms with Gasteiger partial charge in [0, 0.05) is 31.9 Å². The van der Waals surface area contributed by atoms with E-state index in [1.54, 1.807) is 17.3 Å². The van der Waals surface area contributed by atoms with E-state index in [1.807, 2.05) is 47.0 Å². The summed E-state index contributed by atoms with van der Waals surface area (Å²) in [5.41, 5.74) is 3.33. The summed E-state index contributed by atoms with van der Waals surface area (Å²) < 4.78 is 29.6. The van der Waals surface area contributed by atoms with Gasteiger partial charge in [-0.1, -0.05) is 36.0 Å². The predicted octanol–water partition coefficient (Wildman–Crippen LogP) is 2.38. The van der Waals surface area contributed by atoms with Gasteiger partial charge >= 0.3 is 0 Å². The lowest BCUT2D eigenvalue weighted by atomic mass is 10.1. The van der Waals surface area contributed by atoms with Crippen LogP contribution >= 0.6 is 11.8 Å². The Hall–Kier alpha value is -2.69. The number of amides is 1. The molecule has 0 radical (unpaired) electrons. The van der Waals surface area contributed by atoms with E-state index in [1.165, 1.54) is 21.6 Å². The number of nitrogens with zero attached hydrogens (tertiary/aromatic N) is 5. The fourth-order valence-electron chi connectivity index (χ4n) is 4.34. The first-order valence-corrected chi connectivity index (χ1v) is 13.4. The van der Waals surface area contributed by atoms with E-state index in [2.05, 4.69) is 10.2 Å². The van der Waals surface area contributed by atoms with Crippen molar-refractivity contribution in [3.05, 3.63) is 66.0 Å². The maximum absolute atomic E-state index is 13.1. The van der Waals surface area contributed by atoms with E-state index in [0.29, 0.717) is 36.2 Å². The van der Waals surface area contributed by atoms with Crippen molar-refractivity contribution in [2.45, 2.75) is 29.3 Å². The Bertz CT molecular complexity index is 1250. The van der Waals surface area contributed by atoms with Gasteiger partial charge in [-0.3, -0.25) is 9.36 Å². The number of benzene rings is 2. The fraction of sp³-hybridized carbons (Fsp3) is 0.348. The minimum Gasteiger partial charge on any atom is -0.339 e. The Morgan fingerprint density at radius 2 is 1.73 bits per heavy atom. The molecule has 2 heterocycles. The zero-order valence-corrected chi connectivity index (χ0v) is 19.8. The van der Waals surface area contributed by atoms with Crippen molar-refractivity contribution < 1.29 is 13.2 Å². The molecule has 1 aromatic heterocycles. The predicted molar refractivity (Wildman–Crippen MR) is 126 cm³/mol. The summed E-state index contributed by atoms with van der Waals surface area (Å²) in [5, 5.41) is 8.75. The normalized spacial score (nSPS) is 16.7. The van der Waals surface area contributed by atoms with Gasteiger partial charge in [0.25, 0.3) is 0 Å². The van der Waals surface area contributed by atoms with Crippen molar-refractivity contribution in [3.8, 4) is 5.69 Å². The average Bonchev–Trinajstić information content (AvgIpc) is 3.52. The summed E-state index contributed by atoms with van der Waals surface area (Å²) in [4.78, 5) is 14.9. The Morgan fingerprint density at radius 1 is 0.970 bits per heavy atom. The molecule has 2 aromatic carbocycles. The molecule has 0 N–H and O–H groups in total. The fourth-order valence-corrected chi connectivity index (χ4v) is 6.65. The highest BCUT2D eigenvalue weighted by molar-refractivity contribution is 7.99. The van der Waals surface area contributed by atoms with Gasteiger partial charge in [0.1, 0.15) is 6.33 Å². The molecule has 1 saturated heterocycles. The zero-order valence-electron chi connectivity index (χ0n) is 18.1. The largest absolute Gasteiger partial charge is 0.339 e. The van der Waals surface area contributed by atoms with Crippen LogP contribution in [-0.4, -0.2) is 70.2 Å². The lowest BCUT2D eigenvalue weighted by Gasteiger charge is -2.34. The summed E-state index contributed by atoms with van der Waals surface area (Å²) in [6, 6.07) is 15.2. The molecule has 172 valence electrons. The molecule has 0 spiro atoms. The number of carbonyl (C=O) groups excluding carboxylic acids is 1. The molecule has 1 aliphatic carbocycles. The second-order valence-corrected chi connectivity index (χ2v) is 11.1. The van der Waals surface area contributed by atoms with Crippen molar-refractivity contribution in [2.24, 2.45) is 0 Å². The smallest absolute Gasteiger partial charge is 0.243 e. The van der Waals surface area contributed by atoms with Gasteiger partial charge < -0.3 is 4.90 Å². The van der Waals surface area contributed by atoms with Gasteiger partial charge in [-0.2, -0.15) is 4.31 Å². The molecule has 1 aliphatic heterocycles. The van der Waals surface area contributed by atoms with E-state index in [-0.39, 0.29) is 11.7 Å². The zero-order chi connectivity index (χ0) is 22.8. The highest BCUT2D eigenvalue weighted by atomic mass is 32.2. The van der Waals surface area contributed by atoms with Crippen LogP contribution in [0.2, 0.25) is 0 Å². The Labute approximate surface area is 197 Å². The van der Waals surface area contributed by atoms with Gasteiger partial charge in [-0.15, -0.1) is 10.2 Å². The van der Waals surface area contributed by atoms with Gasteiger partial charge in [-0.25, -0.2) is 8.42 Å². The van der Waals surface area contributed by atoms with Crippen molar-refractivity contribution in [3.63, 3.8) is 0 Å². The number of aromatic nitrogens is 3. The van der Waals surface area contributed by atoms with Crippen LogP contribution in [-0.2, 0) is 27.7 Å².